The minimum atomic E-state index is -4.75. The van der Waals surface area contributed by atoms with Crippen LogP contribution in [0.4, 0.5) is 13.2 Å². The largest absolute Gasteiger partial charge is 0.573 e. The summed E-state index contributed by atoms with van der Waals surface area (Å²) in [7, 11) is 0. The van der Waals surface area contributed by atoms with E-state index >= 15 is 0 Å². The summed E-state index contributed by atoms with van der Waals surface area (Å²) in [5, 5.41) is 10.1. The predicted molar refractivity (Wildman–Crippen MR) is 107 cm³/mol. The molecule has 0 fully saturated rings. The highest BCUT2D eigenvalue weighted by Crippen LogP contribution is 2.36. The van der Waals surface area contributed by atoms with Gasteiger partial charge >= 0.3 is 6.36 Å². The lowest BCUT2D eigenvalue weighted by molar-refractivity contribution is -0.274. The van der Waals surface area contributed by atoms with Crippen molar-refractivity contribution in [2.45, 2.75) is 32.5 Å². The van der Waals surface area contributed by atoms with Gasteiger partial charge in [-0.3, -0.25) is 0 Å². The zero-order valence-corrected chi connectivity index (χ0v) is 16.7. The highest BCUT2D eigenvalue weighted by Gasteiger charge is 2.31. The topological polar surface area (TPSA) is 47.9 Å². The van der Waals surface area contributed by atoms with Gasteiger partial charge in [0.05, 0.1) is 0 Å². The fourth-order valence-corrected chi connectivity index (χ4v) is 2.64. The number of aromatic hydroxyl groups is 1. The Balaban J connectivity index is 1.72. The maximum Gasteiger partial charge on any atom is 0.573 e. The molecule has 0 saturated carbocycles. The zero-order valence-electron chi connectivity index (χ0n) is 16.7. The van der Waals surface area contributed by atoms with Crippen molar-refractivity contribution in [1.82, 2.24) is 0 Å². The van der Waals surface area contributed by atoms with Gasteiger partial charge in [-0.2, -0.15) is 0 Å². The lowest BCUT2D eigenvalue weighted by Gasteiger charge is -2.19. The first-order valence-corrected chi connectivity index (χ1v) is 9.15. The molecule has 0 unspecified atom stereocenters. The monoisotopic (exact) mass is 418 g/mol. The van der Waals surface area contributed by atoms with E-state index in [1.165, 1.54) is 30.3 Å². The summed E-state index contributed by atoms with van der Waals surface area (Å²) in [6.45, 7) is 6.33. The van der Waals surface area contributed by atoms with Crippen molar-refractivity contribution < 1.29 is 32.5 Å². The van der Waals surface area contributed by atoms with Crippen molar-refractivity contribution in [1.29, 1.82) is 0 Å². The van der Waals surface area contributed by atoms with Gasteiger partial charge in [-0.25, -0.2) is 0 Å². The molecule has 4 nitrogen and oxygen atoms in total. The summed E-state index contributed by atoms with van der Waals surface area (Å²) in [6, 6.07) is 17.0. The molecular formula is C23H21F3O4. The van der Waals surface area contributed by atoms with Crippen LogP contribution in [0.5, 0.6) is 34.5 Å². The van der Waals surface area contributed by atoms with Gasteiger partial charge in [0.1, 0.15) is 23.0 Å². The summed E-state index contributed by atoms with van der Waals surface area (Å²) in [5.74, 6) is 0.964. The third kappa shape index (κ3) is 5.83. The van der Waals surface area contributed by atoms with Crippen LogP contribution >= 0.6 is 0 Å². The van der Waals surface area contributed by atoms with Crippen LogP contribution in [0.2, 0.25) is 0 Å². The zero-order chi connectivity index (χ0) is 21.9. The van der Waals surface area contributed by atoms with Crippen LogP contribution in [0.1, 0.15) is 26.3 Å². The van der Waals surface area contributed by atoms with Crippen LogP contribution in [0.3, 0.4) is 0 Å². The van der Waals surface area contributed by atoms with E-state index in [9.17, 15) is 18.3 Å². The van der Waals surface area contributed by atoms with Crippen LogP contribution in [0.25, 0.3) is 0 Å². The summed E-state index contributed by atoms with van der Waals surface area (Å²) >= 11 is 0. The number of hydrogen-bond donors (Lipinski definition) is 1. The SMILES string of the molecule is CC(C)(C)c1ccc(Oc2cc(Oc3ccc(OC(F)(F)F)cc3)ccc2O)cc1. The average Bonchev–Trinajstić information content (AvgIpc) is 2.65. The van der Waals surface area contributed by atoms with E-state index in [0.717, 1.165) is 17.7 Å². The van der Waals surface area contributed by atoms with Gasteiger partial charge in [0.15, 0.2) is 11.5 Å². The van der Waals surface area contributed by atoms with E-state index in [2.05, 4.69) is 25.5 Å². The molecular weight excluding hydrogens is 397 g/mol. The third-order valence-electron chi connectivity index (χ3n) is 4.17. The fourth-order valence-electron chi connectivity index (χ4n) is 2.64. The smallest absolute Gasteiger partial charge is 0.504 e. The van der Waals surface area contributed by atoms with Gasteiger partial charge in [0.2, 0.25) is 0 Å². The number of phenolic OH excluding ortho intramolecular Hbond substituents is 1. The Kier molecular flexibility index (Phi) is 5.82. The van der Waals surface area contributed by atoms with Crippen molar-refractivity contribution >= 4 is 0 Å². The van der Waals surface area contributed by atoms with E-state index < -0.39 is 6.36 Å². The molecule has 0 radical (unpaired) electrons. The lowest BCUT2D eigenvalue weighted by Crippen LogP contribution is -2.16. The molecule has 0 atom stereocenters. The Bertz CT molecular complexity index is 989. The Hall–Kier alpha value is -3.35. The molecule has 158 valence electrons. The normalized spacial score (nSPS) is 11.8. The maximum absolute atomic E-state index is 12.2. The molecule has 0 amide bonds. The van der Waals surface area contributed by atoms with Crippen molar-refractivity contribution in [2.75, 3.05) is 0 Å². The first-order chi connectivity index (χ1) is 14.0. The van der Waals surface area contributed by atoms with Gasteiger partial charge < -0.3 is 19.3 Å². The van der Waals surface area contributed by atoms with Gasteiger partial charge in [-0.15, -0.1) is 13.2 Å². The second kappa shape index (κ2) is 8.18. The van der Waals surface area contributed by atoms with Gasteiger partial charge in [-0.05, 0) is 59.5 Å². The summed E-state index contributed by atoms with van der Waals surface area (Å²) in [4.78, 5) is 0. The molecule has 0 saturated heterocycles. The average molecular weight is 418 g/mol. The molecule has 30 heavy (non-hydrogen) atoms. The summed E-state index contributed by atoms with van der Waals surface area (Å²) in [6.07, 6.45) is -4.75. The number of phenols is 1. The van der Waals surface area contributed by atoms with Crippen LogP contribution in [-0.2, 0) is 5.41 Å². The predicted octanol–water partition coefficient (Wildman–Crippen LogP) is 7.17. The second-order valence-corrected chi connectivity index (χ2v) is 7.63. The van der Waals surface area contributed by atoms with E-state index in [-0.39, 0.29) is 22.7 Å². The number of halogens is 3. The maximum atomic E-state index is 12.2. The molecule has 0 aliphatic rings. The van der Waals surface area contributed by atoms with E-state index in [0.29, 0.717) is 17.2 Å². The number of hydrogen-bond acceptors (Lipinski definition) is 4. The van der Waals surface area contributed by atoms with E-state index in [1.54, 1.807) is 0 Å². The molecule has 0 aliphatic carbocycles. The lowest BCUT2D eigenvalue weighted by atomic mass is 9.87. The van der Waals surface area contributed by atoms with E-state index in [4.69, 9.17) is 9.47 Å². The Morgan fingerprint density at radius 3 is 1.73 bits per heavy atom. The Morgan fingerprint density at radius 2 is 1.17 bits per heavy atom. The minimum Gasteiger partial charge on any atom is -0.504 e. The van der Waals surface area contributed by atoms with Crippen LogP contribution in [0, 0.1) is 0 Å². The molecule has 0 aliphatic heterocycles. The van der Waals surface area contributed by atoms with Crippen molar-refractivity contribution in [3.63, 3.8) is 0 Å². The highest BCUT2D eigenvalue weighted by atomic mass is 19.4. The Labute approximate surface area is 172 Å². The molecule has 0 spiro atoms. The van der Waals surface area contributed by atoms with Crippen LogP contribution < -0.4 is 14.2 Å². The van der Waals surface area contributed by atoms with E-state index in [1.807, 2.05) is 24.3 Å². The third-order valence-corrected chi connectivity index (χ3v) is 4.17. The summed E-state index contributed by atoms with van der Waals surface area (Å²) < 4.78 is 51.9. The summed E-state index contributed by atoms with van der Waals surface area (Å²) in [5.41, 5.74) is 1.16. The quantitative estimate of drug-likeness (QED) is 0.477. The van der Waals surface area contributed by atoms with Gasteiger partial charge in [0.25, 0.3) is 0 Å². The number of benzene rings is 3. The molecule has 0 aromatic heterocycles. The first kappa shape index (κ1) is 21.4. The van der Waals surface area contributed by atoms with Gasteiger partial charge in [-0.1, -0.05) is 32.9 Å². The van der Waals surface area contributed by atoms with Gasteiger partial charge in [0, 0.05) is 6.07 Å². The first-order valence-electron chi connectivity index (χ1n) is 9.15. The standard InChI is InChI=1S/C23H21F3O4/c1-22(2,3)15-4-6-17(7-5-15)29-21-14-19(12-13-20(21)27)28-16-8-10-18(11-9-16)30-23(24,25)26/h4-14,27H,1-3H3. The molecule has 7 heteroatoms. The number of ether oxygens (including phenoxy) is 3. The van der Waals surface area contributed by atoms with Crippen molar-refractivity contribution in [3.8, 4) is 34.5 Å². The Morgan fingerprint density at radius 1 is 0.667 bits per heavy atom. The van der Waals surface area contributed by atoms with Crippen LogP contribution in [-0.4, -0.2) is 11.5 Å². The molecule has 0 bridgehead atoms. The second-order valence-electron chi connectivity index (χ2n) is 7.63. The number of alkyl halides is 3. The fraction of sp³-hybridized carbons (Fsp3) is 0.217. The molecule has 3 aromatic rings. The molecule has 3 aromatic carbocycles. The molecule has 3 rings (SSSR count). The van der Waals surface area contributed by atoms with Crippen LogP contribution in [0.15, 0.2) is 66.7 Å². The number of rotatable bonds is 5. The molecule has 1 N–H and O–H groups in total. The van der Waals surface area contributed by atoms with Crippen molar-refractivity contribution in [2.24, 2.45) is 0 Å². The minimum absolute atomic E-state index is 0.00904. The highest BCUT2D eigenvalue weighted by molar-refractivity contribution is 5.48. The molecule has 0 heterocycles. The van der Waals surface area contributed by atoms with Crippen molar-refractivity contribution in [3.05, 3.63) is 72.3 Å².